The van der Waals surface area contributed by atoms with Crippen molar-refractivity contribution in [3.05, 3.63) is 83.3 Å². The van der Waals surface area contributed by atoms with Crippen molar-refractivity contribution in [1.82, 2.24) is 25.2 Å². The van der Waals surface area contributed by atoms with Gasteiger partial charge in [0, 0.05) is 0 Å². The SMILES string of the molecule is O=C(NNc1ncnc2c1cnn2Cc1ccccc1)c1ccccc1Cl. The molecular weight excluding hydrogens is 364 g/mol. The summed E-state index contributed by atoms with van der Waals surface area (Å²) in [5, 5.41) is 5.47. The molecule has 4 aromatic rings. The van der Waals surface area contributed by atoms with Crippen molar-refractivity contribution in [2.45, 2.75) is 6.54 Å². The van der Waals surface area contributed by atoms with E-state index in [1.165, 1.54) is 6.33 Å². The van der Waals surface area contributed by atoms with Gasteiger partial charge in [0.05, 0.1) is 28.7 Å². The monoisotopic (exact) mass is 378 g/mol. The molecule has 0 spiro atoms. The lowest BCUT2D eigenvalue weighted by molar-refractivity contribution is 0.0962. The lowest BCUT2D eigenvalue weighted by Crippen LogP contribution is -2.30. The van der Waals surface area contributed by atoms with Crippen LogP contribution >= 0.6 is 11.6 Å². The minimum atomic E-state index is -0.357. The summed E-state index contributed by atoms with van der Waals surface area (Å²) in [6.45, 7) is 0.590. The van der Waals surface area contributed by atoms with Crippen LogP contribution in [0, 0.1) is 0 Å². The standard InChI is InChI=1S/C19H15ClN6O/c20-16-9-5-4-8-14(16)19(27)25-24-17-15-10-23-26(18(15)22-12-21-17)11-13-6-2-1-3-7-13/h1-10,12H,11H2,(H,25,27)(H,21,22,24). The van der Waals surface area contributed by atoms with Crippen LogP contribution in [0.1, 0.15) is 15.9 Å². The molecule has 0 aliphatic rings. The Morgan fingerprint density at radius 2 is 1.81 bits per heavy atom. The van der Waals surface area contributed by atoms with Crippen LogP contribution in [-0.2, 0) is 6.54 Å². The first-order valence-electron chi connectivity index (χ1n) is 8.24. The molecule has 7 nitrogen and oxygen atoms in total. The zero-order valence-electron chi connectivity index (χ0n) is 14.1. The summed E-state index contributed by atoms with van der Waals surface area (Å²) < 4.78 is 1.79. The van der Waals surface area contributed by atoms with Crippen molar-refractivity contribution in [3.8, 4) is 0 Å². The minimum Gasteiger partial charge on any atom is -0.281 e. The lowest BCUT2D eigenvalue weighted by Gasteiger charge is -2.09. The van der Waals surface area contributed by atoms with Gasteiger partial charge in [0.2, 0.25) is 0 Å². The quantitative estimate of drug-likeness (QED) is 0.520. The number of hydrogen-bond donors (Lipinski definition) is 2. The number of halogens is 1. The number of carbonyl (C=O) groups is 1. The highest BCUT2D eigenvalue weighted by Gasteiger charge is 2.13. The number of aromatic nitrogens is 4. The van der Waals surface area contributed by atoms with E-state index in [4.69, 9.17) is 11.6 Å². The van der Waals surface area contributed by atoms with Crippen molar-refractivity contribution < 1.29 is 4.79 Å². The molecule has 0 saturated carbocycles. The van der Waals surface area contributed by atoms with E-state index in [0.717, 1.165) is 5.56 Å². The van der Waals surface area contributed by atoms with E-state index < -0.39 is 0 Å². The average molecular weight is 379 g/mol. The normalized spacial score (nSPS) is 10.7. The molecule has 0 fully saturated rings. The molecule has 134 valence electrons. The van der Waals surface area contributed by atoms with Gasteiger partial charge < -0.3 is 0 Å². The predicted octanol–water partition coefficient (Wildman–Crippen LogP) is 3.28. The molecule has 4 rings (SSSR count). The number of hydrazine groups is 1. The number of benzene rings is 2. The van der Waals surface area contributed by atoms with Crippen LogP contribution < -0.4 is 10.9 Å². The largest absolute Gasteiger partial charge is 0.281 e. The van der Waals surface area contributed by atoms with Gasteiger partial charge in [-0.05, 0) is 17.7 Å². The third kappa shape index (κ3) is 3.58. The first-order chi connectivity index (χ1) is 13.2. The second-order valence-corrected chi connectivity index (χ2v) is 6.21. The summed E-state index contributed by atoms with van der Waals surface area (Å²) in [5.74, 6) is 0.101. The number of nitrogens with zero attached hydrogens (tertiary/aromatic N) is 4. The molecule has 0 aliphatic heterocycles. The van der Waals surface area contributed by atoms with Crippen LogP contribution in [0.25, 0.3) is 11.0 Å². The van der Waals surface area contributed by atoms with Gasteiger partial charge in [-0.1, -0.05) is 54.1 Å². The van der Waals surface area contributed by atoms with Crippen LogP contribution in [0.2, 0.25) is 5.02 Å². The average Bonchev–Trinajstić information content (AvgIpc) is 3.11. The van der Waals surface area contributed by atoms with E-state index in [0.29, 0.717) is 34.0 Å². The second kappa shape index (κ2) is 7.43. The number of rotatable bonds is 5. The van der Waals surface area contributed by atoms with E-state index >= 15 is 0 Å². The van der Waals surface area contributed by atoms with E-state index in [2.05, 4.69) is 25.9 Å². The fraction of sp³-hybridized carbons (Fsp3) is 0.0526. The molecule has 0 radical (unpaired) electrons. The van der Waals surface area contributed by atoms with Gasteiger partial charge in [0.25, 0.3) is 5.91 Å². The second-order valence-electron chi connectivity index (χ2n) is 5.81. The molecule has 2 heterocycles. The smallest absolute Gasteiger partial charge is 0.271 e. The van der Waals surface area contributed by atoms with E-state index in [1.807, 2.05) is 30.3 Å². The van der Waals surface area contributed by atoms with E-state index in [1.54, 1.807) is 35.1 Å². The van der Waals surface area contributed by atoms with Crippen molar-refractivity contribution in [2.75, 3.05) is 5.43 Å². The van der Waals surface area contributed by atoms with Gasteiger partial charge in [-0.2, -0.15) is 5.10 Å². The molecule has 8 heteroatoms. The van der Waals surface area contributed by atoms with Crippen LogP contribution in [0.15, 0.2) is 67.1 Å². The van der Waals surface area contributed by atoms with Gasteiger partial charge >= 0.3 is 0 Å². The Balaban J connectivity index is 1.55. The first kappa shape index (κ1) is 17.0. The summed E-state index contributed by atoms with van der Waals surface area (Å²) in [5.41, 5.74) is 7.59. The van der Waals surface area contributed by atoms with Crippen molar-refractivity contribution in [3.63, 3.8) is 0 Å². The van der Waals surface area contributed by atoms with Crippen LogP contribution in [0.5, 0.6) is 0 Å². The maximum absolute atomic E-state index is 12.3. The van der Waals surface area contributed by atoms with Crippen molar-refractivity contribution in [1.29, 1.82) is 0 Å². The Hall–Kier alpha value is -3.45. The summed E-state index contributed by atoms with van der Waals surface area (Å²) >= 11 is 6.05. The highest BCUT2D eigenvalue weighted by atomic mass is 35.5. The Morgan fingerprint density at radius 1 is 1.04 bits per heavy atom. The van der Waals surface area contributed by atoms with Crippen molar-refractivity contribution in [2.24, 2.45) is 0 Å². The van der Waals surface area contributed by atoms with Crippen LogP contribution in [-0.4, -0.2) is 25.7 Å². The Kier molecular flexibility index (Phi) is 4.67. The molecule has 2 N–H and O–H groups in total. The minimum absolute atomic E-state index is 0.357. The molecule has 0 atom stereocenters. The third-order valence-corrected chi connectivity index (χ3v) is 4.35. The number of amides is 1. The first-order valence-corrected chi connectivity index (χ1v) is 8.61. The number of anilines is 1. The summed E-state index contributed by atoms with van der Waals surface area (Å²) in [4.78, 5) is 20.8. The number of nitrogens with one attached hydrogen (secondary N) is 2. The Labute approximate surface area is 160 Å². The molecule has 2 aromatic heterocycles. The predicted molar refractivity (Wildman–Crippen MR) is 103 cm³/mol. The summed E-state index contributed by atoms with van der Waals surface area (Å²) in [7, 11) is 0. The van der Waals surface area contributed by atoms with Gasteiger partial charge in [-0.3, -0.25) is 15.6 Å². The molecule has 0 aliphatic carbocycles. The van der Waals surface area contributed by atoms with E-state index in [-0.39, 0.29) is 5.91 Å². The highest BCUT2D eigenvalue weighted by Crippen LogP contribution is 2.19. The highest BCUT2D eigenvalue weighted by molar-refractivity contribution is 6.33. The molecule has 0 saturated heterocycles. The zero-order valence-corrected chi connectivity index (χ0v) is 14.9. The Bertz CT molecular complexity index is 1100. The maximum atomic E-state index is 12.3. The summed E-state index contributed by atoms with van der Waals surface area (Å²) in [6, 6.07) is 16.8. The fourth-order valence-corrected chi connectivity index (χ4v) is 2.91. The molecule has 0 bridgehead atoms. The van der Waals surface area contributed by atoms with Gasteiger partial charge in [-0.25, -0.2) is 14.6 Å². The molecule has 0 unspecified atom stereocenters. The van der Waals surface area contributed by atoms with Gasteiger partial charge in [0.15, 0.2) is 11.5 Å². The lowest BCUT2D eigenvalue weighted by atomic mass is 10.2. The number of hydrogen-bond acceptors (Lipinski definition) is 5. The topological polar surface area (TPSA) is 84.7 Å². The number of fused-ring (bicyclic) bond motifs is 1. The van der Waals surface area contributed by atoms with Gasteiger partial charge in [0.1, 0.15) is 6.33 Å². The maximum Gasteiger partial charge on any atom is 0.271 e. The summed E-state index contributed by atoms with van der Waals surface area (Å²) in [6.07, 6.45) is 3.09. The molecule has 2 aromatic carbocycles. The van der Waals surface area contributed by atoms with Crippen LogP contribution in [0.3, 0.4) is 0 Å². The molecule has 27 heavy (non-hydrogen) atoms. The van der Waals surface area contributed by atoms with Gasteiger partial charge in [-0.15, -0.1) is 0 Å². The third-order valence-electron chi connectivity index (χ3n) is 4.02. The molecular formula is C19H15ClN6O. The van der Waals surface area contributed by atoms with E-state index in [9.17, 15) is 4.79 Å². The molecule has 1 amide bonds. The zero-order chi connectivity index (χ0) is 18.6. The fourth-order valence-electron chi connectivity index (χ4n) is 2.69. The number of carbonyl (C=O) groups excluding carboxylic acids is 1. The Morgan fingerprint density at radius 3 is 2.63 bits per heavy atom. The van der Waals surface area contributed by atoms with Crippen molar-refractivity contribution >= 4 is 34.4 Å². The van der Waals surface area contributed by atoms with Crippen LogP contribution in [0.4, 0.5) is 5.82 Å².